The van der Waals surface area contributed by atoms with Gasteiger partial charge in [-0.05, 0) is 59.3 Å². The van der Waals surface area contributed by atoms with Gasteiger partial charge in [0.05, 0.1) is 5.69 Å². The largest absolute Gasteiger partial charge is 0.340 e. The molecule has 120 valence electrons. The van der Waals surface area contributed by atoms with Crippen LogP contribution in [0.1, 0.15) is 17.3 Å². The standard InChI is InChI=1S/C18H15BrN4O/c1-12(24)13-6-8-14(9-7-13)22-17-10-18(21-11-20-17)23-16-5-3-2-4-15(16)19/h2-11H,1H3,(H2,20,21,22,23). The quantitative estimate of drug-likeness (QED) is 0.612. The van der Waals surface area contributed by atoms with Gasteiger partial charge in [0.2, 0.25) is 0 Å². The molecule has 0 saturated carbocycles. The molecule has 0 radical (unpaired) electrons. The number of benzene rings is 2. The third kappa shape index (κ3) is 3.97. The lowest BCUT2D eigenvalue weighted by Gasteiger charge is -2.10. The van der Waals surface area contributed by atoms with E-state index in [4.69, 9.17) is 0 Å². The summed E-state index contributed by atoms with van der Waals surface area (Å²) in [7, 11) is 0. The Labute approximate surface area is 148 Å². The molecule has 1 heterocycles. The Morgan fingerprint density at radius 3 is 2.29 bits per heavy atom. The smallest absolute Gasteiger partial charge is 0.159 e. The molecule has 0 saturated heterocycles. The molecule has 0 atom stereocenters. The molecule has 0 bridgehead atoms. The molecule has 2 N–H and O–H groups in total. The van der Waals surface area contributed by atoms with Crippen molar-refractivity contribution in [3.63, 3.8) is 0 Å². The Kier molecular flexibility index (Phi) is 4.86. The maximum absolute atomic E-state index is 11.3. The van der Waals surface area contributed by atoms with Gasteiger partial charge in [0, 0.05) is 21.8 Å². The van der Waals surface area contributed by atoms with Crippen LogP contribution in [0, 0.1) is 0 Å². The number of carbonyl (C=O) groups excluding carboxylic acids is 1. The number of rotatable bonds is 5. The van der Waals surface area contributed by atoms with E-state index in [0.717, 1.165) is 15.8 Å². The van der Waals surface area contributed by atoms with E-state index in [2.05, 4.69) is 36.5 Å². The van der Waals surface area contributed by atoms with Gasteiger partial charge < -0.3 is 10.6 Å². The van der Waals surface area contributed by atoms with E-state index >= 15 is 0 Å². The van der Waals surface area contributed by atoms with Crippen LogP contribution < -0.4 is 10.6 Å². The van der Waals surface area contributed by atoms with Crippen LogP contribution in [-0.2, 0) is 0 Å². The first-order chi connectivity index (χ1) is 11.6. The molecule has 3 rings (SSSR count). The second kappa shape index (κ2) is 7.23. The number of anilines is 4. The number of hydrogen-bond acceptors (Lipinski definition) is 5. The van der Waals surface area contributed by atoms with Gasteiger partial charge in [0.1, 0.15) is 18.0 Å². The number of halogens is 1. The van der Waals surface area contributed by atoms with Gasteiger partial charge in [-0.3, -0.25) is 4.79 Å². The minimum absolute atomic E-state index is 0.0449. The third-order valence-corrected chi connectivity index (χ3v) is 4.06. The van der Waals surface area contributed by atoms with E-state index in [1.807, 2.05) is 42.5 Å². The Morgan fingerprint density at radius 1 is 0.958 bits per heavy atom. The lowest BCUT2D eigenvalue weighted by atomic mass is 10.1. The summed E-state index contributed by atoms with van der Waals surface area (Å²) in [5, 5.41) is 6.44. The molecule has 0 aliphatic rings. The highest BCUT2D eigenvalue weighted by atomic mass is 79.9. The summed E-state index contributed by atoms with van der Waals surface area (Å²) >= 11 is 3.50. The van der Waals surface area contributed by atoms with Gasteiger partial charge in [-0.25, -0.2) is 9.97 Å². The van der Waals surface area contributed by atoms with Crippen molar-refractivity contribution in [1.29, 1.82) is 0 Å². The lowest BCUT2D eigenvalue weighted by Crippen LogP contribution is -1.99. The second-order valence-corrected chi connectivity index (χ2v) is 6.01. The van der Waals surface area contributed by atoms with Crippen molar-refractivity contribution in [2.24, 2.45) is 0 Å². The number of para-hydroxylation sites is 1. The number of nitrogens with one attached hydrogen (secondary N) is 2. The lowest BCUT2D eigenvalue weighted by molar-refractivity contribution is 0.101. The molecular weight excluding hydrogens is 368 g/mol. The zero-order valence-electron chi connectivity index (χ0n) is 13.0. The maximum Gasteiger partial charge on any atom is 0.159 e. The summed E-state index contributed by atoms with van der Waals surface area (Å²) < 4.78 is 0.956. The third-order valence-electron chi connectivity index (χ3n) is 3.37. The summed E-state index contributed by atoms with van der Waals surface area (Å²) in [4.78, 5) is 19.7. The van der Waals surface area contributed by atoms with Crippen molar-refractivity contribution < 1.29 is 4.79 Å². The van der Waals surface area contributed by atoms with E-state index in [1.165, 1.54) is 6.33 Å². The molecule has 3 aromatic rings. The molecule has 0 fully saturated rings. The Hall–Kier alpha value is -2.73. The first-order valence-electron chi connectivity index (χ1n) is 7.33. The average molecular weight is 383 g/mol. The molecular formula is C18H15BrN4O. The number of hydrogen-bond donors (Lipinski definition) is 2. The minimum atomic E-state index is 0.0449. The summed E-state index contributed by atoms with van der Waals surface area (Å²) in [6.45, 7) is 1.55. The molecule has 0 aliphatic carbocycles. The average Bonchev–Trinajstić information content (AvgIpc) is 2.58. The summed E-state index contributed by atoms with van der Waals surface area (Å²) in [6, 6.07) is 16.9. The van der Waals surface area contributed by atoms with Crippen LogP contribution in [0.3, 0.4) is 0 Å². The van der Waals surface area contributed by atoms with E-state index in [1.54, 1.807) is 19.1 Å². The van der Waals surface area contributed by atoms with Gasteiger partial charge >= 0.3 is 0 Å². The van der Waals surface area contributed by atoms with Crippen LogP contribution in [-0.4, -0.2) is 15.8 Å². The topological polar surface area (TPSA) is 66.9 Å². The normalized spacial score (nSPS) is 10.2. The molecule has 0 spiro atoms. The molecule has 24 heavy (non-hydrogen) atoms. The van der Waals surface area contributed by atoms with E-state index in [9.17, 15) is 4.79 Å². The van der Waals surface area contributed by atoms with Crippen LogP contribution >= 0.6 is 15.9 Å². The summed E-state index contributed by atoms with van der Waals surface area (Å²) in [6.07, 6.45) is 1.49. The first-order valence-corrected chi connectivity index (χ1v) is 8.13. The number of Topliss-reactive ketones (excluding diaryl/α,β-unsaturated/α-hetero) is 1. The summed E-state index contributed by atoms with van der Waals surface area (Å²) in [5.41, 5.74) is 2.46. The van der Waals surface area contributed by atoms with Crippen molar-refractivity contribution in [1.82, 2.24) is 9.97 Å². The molecule has 2 aromatic carbocycles. The van der Waals surface area contributed by atoms with Crippen LogP contribution in [0.5, 0.6) is 0 Å². The fraction of sp³-hybridized carbons (Fsp3) is 0.0556. The number of ketones is 1. The fourth-order valence-electron chi connectivity index (χ4n) is 2.13. The second-order valence-electron chi connectivity index (χ2n) is 5.15. The number of aromatic nitrogens is 2. The van der Waals surface area contributed by atoms with Crippen LogP contribution in [0.25, 0.3) is 0 Å². The maximum atomic E-state index is 11.3. The molecule has 1 aromatic heterocycles. The summed E-state index contributed by atoms with van der Waals surface area (Å²) in [5.74, 6) is 1.39. The number of nitrogens with zero attached hydrogens (tertiary/aromatic N) is 2. The highest BCUT2D eigenvalue weighted by Gasteiger charge is 2.04. The van der Waals surface area contributed by atoms with Crippen LogP contribution in [0.2, 0.25) is 0 Å². The highest BCUT2D eigenvalue weighted by molar-refractivity contribution is 9.10. The Bertz CT molecular complexity index is 865. The van der Waals surface area contributed by atoms with Gasteiger partial charge in [0.25, 0.3) is 0 Å². The minimum Gasteiger partial charge on any atom is -0.340 e. The van der Waals surface area contributed by atoms with Crippen molar-refractivity contribution >= 4 is 44.7 Å². The zero-order chi connectivity index (χ0) is 16.9. The van der Waals surface area contributed by atoms with E-state index < -0.39 is 0 Å². The van der Waals surface area contributed by atoms with Crippen molar-refractivity contribution in [2.45, 2.75) is 6.92 Å². The van der Waals surface area contributed by atoms with Gasteiger partial charge in [0.15, 0.2) is 5.78 Å². The molecule has 0 unspecified atom stereocenters. The predicted octanol–water partition coefficient (Wildman–Crippen LogP) is 4.93. The highest BCUT2D eigenvalue weighted by Crippen LogP contribution is 2.25. The van der Waals surface area contributed by atoms with Crippen molar-refractivity contribution in [2.75, 3.05) is 10.6 Å². The fourth-order valence-corrected chi connectivity index (χ4v) is 2.51. The van der Waals surface area contributed by atoms with Crippen LogP contribution in [0.4, 0.5) is 23.0 Å². The van der Waals surface area contributed by atoms with E-state index in [-0.39, 0.29) is 5.78 Å². The van der Waals surface area contributed by atoms with Gasteiger partial charge in [-0.15, -0.1) is 0 Å². The molecule has 0 aliphatic heterocycles. The Balaban J connectivity index is 1.75. The molecule has 6 heteroatoms. The Morgan fingerprint density at radius 2 is 1.62 bits per heavy atom. The van der Waals surface area contributed by atoms with E-state index in [0.29, 0.717) is 17.2 Å². The van der Waals surface area contributed by atoms with Gasteiger partial charge in [-0.1, -0.05) is 12.1 Å². The first kappa shape index (κ1) is 16.1. The van der Waals surface area contributed by atoms with Crippen LogP contribution in [0.15, 0.2) is 65.4 Å². The van der Waals surface area contributed by atoms with Crippen molar-refractivity contribution in [3.05, 3.63) is 71.0 Å². The van der Waals surface area contributed by atoms with Gasteiger partial charge in [-0.2, -0.15) is 0 Å². The van der Waals surface area contributed by atoms with Crippen molar-refractivity contribution in [3.8, 4) is 0 Å². The molecule has 5 nitrogen and oxygen atoms in total. The zero-order valence-corrected chi connectivity index (χ0v) is 14.5. The molecule has 0 amide bonds. The monoisotopic (exact) mass is 382 g/mol. The number of carbonyl (C=O) groups is 1. The predicted molar refractivity (Wildman–Crippen MR) is 99.2 cm³/mol. The SMILES string of the molecule is CC(=O)c1ccc(Nc2cc(Nc3ccccc3Br)ncn2)cc1.